The van der Waals surface area contributed by atoms with E-state index in [2.05, 4.69) is 16.4 Å². The summed E-state index contributed by atoms with van der Waals surface area (Å²) in [4.78, 5) is 15.9. The van der Waals surface area contributed by atoms with Gasteiger partial charge in [0.05, 0.1) is 18.4 Å². The molecule has 0 fully saturated rings. The van der Waals surface area contributed by atoms with E-state index >= 15 is 0 Å². The van der Waals surface area contributed by atoms with Crippen LogP contribution < -0.4 is 14.8 Å². The third-order valence-corrected chi connectivity index (χ3v) is 4.09. The van der Waals surface area contributed by atoms with Gasteiger partial charge in [0.15, 0.2) is 5.78 Å². The Labute approximate surface area is 163 Å². The summed E-state index contributed by atoms with van der Waals surface area (Å²) >= 11 is 0. The van der Waals surface area contributed by atoms with E-state index in [0.29, 0.717) is 40.7 Å². The number of ether oxygens (including phenoxy) is 2. The van der Waals surface area contributed by atoms with E-state index in [9.17, 15) is 10.1 Å². The van der Waals surface area contributed by atoms with Crippen LogP contribution in [0.4, 0.5) is 5.69 Å². The number of hydrogen-bond acceptors (Lipinski definition) is 6. The molecule has 6 heteroatoms. The molecular weight excluding hydrogens is 354 g/mol. The van der Waals surface area contributed by atoms with Crippen LogP contribution in [-0.2, 0) is 6.54 Å². The van der Waals surface area contributed by atoms with Gasteiger partial charge in [-0.05, 0) is 42.8 Å². The largest absolute Gasteiger partial charge is 0.497 e. The van der Waals surface area contributed by atoms with Crippen molar-refractivity contribution in [2.75, 3.05) is 12.4 Å². The monoisotopic (exact) mass is 373 g/mol. The van der Waals surface area contributed by atoms with Gasteiger partial charge in [-0.15, -0.1) is 0 Å². The van der Waals surface area contributed by atoms with Gasteiger partial charge in [-0.2, -0.15) is 5.26 Å². The molecule has 3 rings (SSSR count). The first-order valence-electron chi connectivity index (χ1n) is 8.65. The topological polar surface area (TPSA) is 84.2 Å². The number of hydrogen-bond donors (Lipinski definition) is 1. The predicted molar refractivity (Wildman–Crippen MR) is 106 cm³/mol. The number of ketones is 1. The van der Waals surface area contributed by atoms with E-state index in [1.54, 1.807) is 43.6 Å². The summed E-state index contributed by atoms with van der Waals surface area (Å²) < 4.78 is 10.9. The Morgan fingerprint density at radius 1 is 1.14 bits per heavy atom. The molecule has 1 aromatic heterocycles. The van der Waals surface area contributed by atoms with Crippen LogP contribution in [0.25, 0.3) is 0 Å². The van der Waals surface area contributed by atoms with Gasteiger partial charge >= 0.3 is 0 Å². The summed E-state index contributed by atoms with van der Waals surface area (Å²) in [5.41, 5.74) is 2.57. The highest BCUT2D eigenvalue weighted by Crippen LogP contribution is 2.24. The molecule has 3 aromatic rings. The molecule has 0 radical (unpaired) electrons. The van der Waals surface area contributed by atoms with E-state index in [0.717, 1.165) is 5.56 Å². The van der Waals surface area contributed by atoms with Crippen molar-refractivity contribution in [2.45, 2.75) is 13.5 Å². The minimum Gasteiger partial charge on any atom is -0.497 e. The molecule has 140 valence electrons. The van der Waals surface area contributed by atoms with Gasteiger partial charge in [-0.3, -0.25) is 4.79 Å². The van der Waals surface area contributed by atoms with Crippen molar-refractivity contribution in [2.24, 2.45) is 0 Å². The van der Waals surface area contributed by atoms with E-state index < -0.39 is 0 Å². The number of nitrogens with zero attached hydrogens (tertiary/aromatic N) is 2. The molecule has 0 bridgehead atoms. The molecule has 0 unspecified atom stereocenters. The first kappa shape index (κ1) is 18.9. The first-order valence-corrected chi connectivity index (χ1v) is 8.65. The van der Waals surface area contributed by atoms with Crippen LogP contribution in [0.2, 0.25) is 0 Å². The zero-order valence-corrected chi connectivity index (χ0v) is 15.6. The summed E-state index contributed by atoms with van der Waals surface area (Å²) in [5, 5.41) is 12.4. The Morgan fingerprint density at radius 3 is 2.64 bits per heavy atom. The third-order valence-electron chi connectivity index (χ3n) is 4.09. The maximum atomic E-state index is 11.6. The Hall–Kier alpha value is -3.85. The molecule has 1 heterocycles. The van der Waals surface area contributed by atoms with Crippen molar-refractivity contribution in [1.29, 1.82) is 5.26 Å². The van der Waals surface area contributed by atoms with Crippen molar-refractivity contribution in [3.8, 4) is 23.4 Å². The molecule has 0 saturated heterocycles. The SMILES string of the molecule is COc1cccc(Oc2ccc(CNc3cc(C(C)=O)ccc3C#N)cn2)c1. The zero-order valence-electron chi connectivity index (χ0n) is 15.6. The zero-order chi connectivity index (χ0) is 19.9. The van der Waals surface area contributed by atoms with Gasteiger partial charge < -0.3 is 14.8 Å². The van der Waals surface area contributed by atoms with E-state index in [1.165, 1.54) is 6.92 Å². The lowest BCUT2D eigenvalue weighted by Gasteiger charge is -2.10. The second kappa shape index (κ2) is 8.69. The third kappa shape index (κ3) is 4.65. The molecule has 2 aromatic carbocycles. The fraction of sp³-hybridized carbons (Fsp3) is 0.136. The molecule has 6 nitrogen and oxygen atoms in total. The van der Waals surface area contributed by atoms with Crippen LogP contribution in [0.5, 0.6) is 17.4 Å². The van der Waals surface area contributed by atoms with Crippen LogP contribution in [0.3, 0.4) is 0 Å². The second-order valence-electron chi connectivity index (χ2n) is 6.07. The molecule has 1 N–H and O–H groups in total. The van der Waals surface area contributed by atoms with Crippen molar-refractivity contribution in [1.82, 2.24) is 4.98 Å². The Morgan fingerprint density at radius 2 is 1.96 bits per heavy atom. The normalized spacial score (nSPS) is 10.0. The lowest BCUT2D eigenvalue weighted by Crippen LogP contribution is -2.04. The van der Waals surface area contributed by atoms with E-state index in [4.69, 9.17) is 9.47 Å². The number of carbonyl (C=O) groups excluding carboxylic acids is 1. The number of methoxy groups -OCH3 is 1. The highest BCUT2D eigenvalue weighted by Gasteiger charge is 2.07. The summed E-state index contributed by atoms with van der Waals surface area (Å²) in [7, 11) is 1.60. The summed E-state index contributed by atoms with van der Waals surface area (Å²) in [6.45, 7) is 1.96. The molecule has 0 atom stereocenters. The molecule has 0 saturated carbocycles. The van der Waals surface area contributed by atoms with Gasteiger partial charge in [0.2, 0.25) is 5.88 Å². The molecule has 0 aliphatic rings. The highest BCUT2D eigenvalue weighted by atomic mass is 16.5. The second-order valence-corrected chi connectivity index (χ2v) is 6.07. The average molecular weight is 373 g/mol. The minimum atomic E-state index is -0.0479. The number of pyridine rings is 1. The molecule has 0 amide bonds. The lowest BCUT2D eigenvalue weighted by atomic mass is 10.1. The van der Waals surface area contributed by atoms with Crippen LogP contribution >= 0.6 is 0 Å². The van der Waals surface area contributed by atoms with Crippen molar-refractivity contribution in [3.05, 3.63) is 77.5 Å². The van der Waals surface area contributed by atoms with Gasteiger partial charge in [-0.25, -0.2) is 4.98 Å². The number of nitrogens with one attached hydrogen (secondary N) is 1. The predicted octanol–water partition coefficient (Wildman–Crippen LogP) is 4.57. The highest BCUT2D eigenvalue weighted by molar-refractivity contribution is 5.95. The summed E-state index contributed by atoms with van der Waals surface area (Å²) in [6, 6.07) is 18.0. The van der Waals surface area contributed by atoms with Crippen LogP contribution in [0, 0.1) is 11.3 Å². The fourth-order valence-electron chi connectivity index (χ4n) is 2.57. The van der Waals surface area contributed by atoms with E-state index in [-0.39, 0.29) is 5.78 Å². The number of Topliss-reactive ketones (excluding diaryl/α,β-unsaturated/α-hetero) is 1. The van der Waals surface area contributed by atoms with Gasteiger partial charge in [0.25, 0.3) is 0 Å². The number of rotatable bonds is 7. The van der Waals surface area contributed by atoms with Crippen molar-refractivity contribution in [3.63, 3.8) is 0 Å². The van der Waals surface area contributed by atoms with Crippen molar-refractivity contribution < 1.29 is 14.3 Å². The van der Waals surface area contributed by atoms with Crippen LogP contribution in [0.15, 0.2) is 60.8 Å². The smallest absolute Gasteiger partial charge is 0.219 e. The number of carbonyl (C=O) groups is 1. The van der Waals surface area contributed by atoms with Gasteiger partial charge in [0.1, 0.15) is 17.6 Å². The quantitative estimate of drug-likeness (QED) is 0.611. The number of anilines is 1. The van der Waals surface area contributed by atoms with Crippen LogP contribution in [0.1, 0.15) is 28.4 Å². The van der Waals surface area contributed by atoms with Gasteiger partial charge in [-0.1, -0.05) is 12.1 Å². The average Bonchev–Trinajstić information content (AvgIpc) is 2.73. The first-order chi connectivity index (χ1) is 13.6. The van der Waals surface area contributed by atoms with Crippen LogP contribution in [-0.4, -0.2) is 17.9 Å². The number of aromatic nitrogens is 1. The summed E-state index contributed by atoms with van der Waals surface area (Å²) in [6.07, 6.45) is 1.70. The summed E-state index contributed by atoms with van der Waals surface area (Å²) in [5.74, 6) is 1.76. The molecule has 0 spiro atoms. The molecule has 28 heavy (non-hydrogen) atoms. The number of nitriles is 1. The number of benzene rings is 2. The maximum Gasteiger partial charge on any atom is 0.219 e. The van der Waals surface area contributed by atoms with Gasteiger partial charge in [0, 0.05) is 30.4 Å². The Bertz CT molecular complexity index is 1020. The molecule has 0 aliphatic carbocycles. The fourth-order valence-corrected chi connectivity index (χ4v) is 2.57. The molecule has 0 aliphatic heterocycles. The lowest BCUT2D eigenvalue weighted by molar-refractivity contribution is 0.101. The minimum absolute atomic E-state index is 0.0479. The Kier molecular flexibility index (Phi) is 5.87. The maximum absolute atomic E-state index is 11.6. The van der Waals surface area contributed by atoms with Crippen molar-refractivity contribution >= 4 is 11.5 Å². The van der Waals surface area contributed by atoms with E-state index in [1.807, 2.05) is 24.3 Å². The Balaban J connectivity index is 1.67. The molecular formula is C22H19N3O3. The standard InChI is InChI=1S/C22H19N3O3/c1-15(26)17-7-8-18(12-23)21(10-17)24-13-16-6-9-22(25-14-16)28-20-5-3-4-19(11-20)27-2/h3-11,14,24H,13H2,1-2H3.